The molecule has 4 heterocycles. The van der Waals surface area contributed by atoms with Gasteiger partial charge in [-0.15, -0.1) is 0 Å². The molecule has 2 aromatic heterocycles. The maximum Gasteiger partial charge on any atom is 0.244 e. The van der Waals surface area contributed by atoms with Crippen molar-refractivity contribution in [3.05, 3.63) is 29.2 Å². The number of carbonyl (C=O) groups excluding carboxylic acids is 2. The molecular weight excluding hydrogens is 458 g/mol. The number of piperidine rings is 1. The standard InChI is InChI=1S/C26H41N7O3/c1-7-30(14-21-15-33(8-2)28-19(21)5)23(34)16-32-17-26(13-22(32)24-27-20(6)29-36-24)9-11-31(12-10-26)25(35)18(3)4/h15,18,22H,7-14,16-17H2,1-6H3. The molecule has 10 heteroatoms. The summed E-state index contributed by atoms with van der Waals surface area (Å²) in [5, 5.41) is 8.55. The normalized spacial score (nSPS) is 20.0. The SMILES string of the molecule is CCN(Cc1cn(CC)nc1C)C(=O)CN1CC2(CCN(C(=O)C(C)C)CC2)CC1c1nc(C)no1. The minimum atomic E-state index is -0.0919. The fraction of sp³-hybridized carbons (Fsp3) is 0.731. The first-order valence-electron chi connectivity index (χ1n) is 13.3. The summed E-state index contributed by atoms with van der Waals surface area (Å²) in [6.07, 6.45) is 4.74. The number of likely N-dealkylation sites (N-methyl/N-ethyl adjacent to an activating group) is 1. The molecule has 0 aliphatic carbocycles. The van der Waals surface area contributed by atoms with E-state index in [1.807, 2.05) is 55.3 Å². The van der Waals surface area contributed by atoms with Gasteiger partial charge in [0.1, 0.15) is 0 Å². The molecule has 10 nitrogen and oxygen atoms in total. The van der Waals surface area contributed by atoms with Crippen LogP contribution in [-0.2, 0) is 22.7 Å². The number of aryl methyl sites for hydroxylation is 3. The van der Waals surface area contributed by atoms with Gasteiger partial charge in [0.25, 0.3) is 0 Å². The highest BCUT2D eigenvalue weighted by molar-refractivity contribution is 5.79. The molecule has 36 heavy (non-hydrogen) atoms. The van der Waals surface area contributed by atoms with Crippen LogP contribution in [0.4, 0.5) is 0 Å². The van der Waals surface area contributed by atoms with Gasteiger partial charge < -0.3 is 14.3 Å². The van der Waals surface area contributed by atoms with Crippen LogP contribution in [0.5, 0.6) is 0 Å². The number of likely N-dealkylation sites (tertiary alicyclic amines) is 2. The fourth-order valence-corrected chi connectivity index (χ4v) is 5.66. The Morgan fingerprint density at radius 2 is 1.94 bits per heavy atom. The van der Waals surface area contributed by atoms with Gasteiger partial charge >= 0.3 is 0 Å². The molecule has 1 atom stereocenters. The first-order valence-corrected chi connectivity index (χ1v) is 13.3. The van der Waals surface area contributed by atoms with E-state index in [0.29, 0.717) is 31.3 Å². The lowest BCUT2D eigenvalue weighted by Gasteiger charge is -2.40. The van der Waals surface area contributed by atoms with Crippen molar-refractivity contribution < 1.29 is 14.1 Å². The number of rotatable bonds is 8. The van der Waals surface area contributed by atoms with Crippen molar-refractivity contribution in [1.29, 1.82) is 0 Å². The van der Waals surface area contributed by atoms with Crippen LogP contribution in [0.3, 0.4) is 0 Å². The lowest BCUT2D eigenvalue weighted by atomic mass is 9.76. The summed E-state index contributed by atoms with van der Waals surface area (Å²) >= 11 is 0. The van der Waals surface area contributed by atoms with Crippen LogP contribution in [0.2, 0.25) is 0 Å². The molecule has 0 N–H and O–H groups in total. The van der Waals surface area contributed by atoms with E-state index >= 15 is 0 Å². The van der Waals surface area contributed by atoms with Crippen molar-refractivity contribution in [2.24, 2.45) is 11.3 Å². The smallest absolute Gasteiger partial charge is 0.244 e. The van der Waals surface area contributed by atoms with E-state index in [4.69, 9.17) is 4.52 Å². The Morgan fingerprint density at radius 1 is 1.22 bits per heavy atom. The Kier molecular flexibility index (Phi) is 7.82. The second kappa shape index (κ2) is 10.7. The van der Waals surface area contributed by atoms with Crippen molar-refractivity contribution in [2.45, 2.75) is 79.9 Å². The minimum Gasteiger partial charge on any atom is -0.342 e. The molecule has 1 unspecified atom stereocenters. The van der Waals surface area contributed by atoms with E-state index in [0.717, 1.165) is 56.7 Å². The molecule has 2 aliphatic rings. The predicted octanol–water partition coefficient (Wildman–Crippen LogP) is 2.96. The number of carbonyl (C=O) groups is 2. The van der Waals surface area contributed by atoms with Gasteiger partial charge in [0.2, 0.25) is 17.7 Å². The molecular formula is C26H41N7O3. The number of amides is 2. The predicted molar refractivity (Wildman–Crippen MR) is 135 cm³/mol. The van der Waals surface area contributed by atoms with Gasteiger partial charge in [-0.25, -0.2) is 0 Å². The monoisotopic (exact) mass is 499 g/mol. The summed E-state index contributed by atoms with van der Waals surface area (Å²) in [4.78, 5) is 36.7. The Labute approximate surface area is 214 Å². The van der Waals surface area contributed by atoms with E-state index in [9.17, 15) is 9.59 Å². The second-order valence-electron chi connectivity index (χ2n) is 10.8. The van der Waals surface area contributed by atoms with Crippen molar-refractivity contribution in [3.8, 4) is 0 Å². The van der Waals surface area contributed by atoms with E-state index < -0.39 is 0 Å². The van der Waals surface area contributed by atoms with Gasteiger partial charge in [-0.1, -0.05) is 19.0 Å². The largest absolute Gasteiger partial charge is 0.342 e. The Balaban J connectivity index is 1.48. The summed E-state index contributed by atoms with van der Waals surface area (Å²) in [6, 6.07) is -0.0919. The molecule has 0 radical (unpaired) electrons. The zero-order chi connectivity index (χ0) is 26.0. The average molecular weight is 500 g/mol. The molecule has 2 amide bonds. The number of nitrogens with zero attached hydrogens (tertiary/aromatic N) is 7. The van der Waals surface area contributed by atoms with Crippen LogP contribution in [0, 0.1) is 25.2 Å². The first-order chi connectivity index (χ1) is 17.1. The molecule has 1 spiro atoms. The van der Waals surface area contributed by atoms with Gasteiger partial charge in [0.05, 0.1) is 18.3 Å². The molecule has 2 fully saturated rings. The van der Waals surface area contributed by atoms with Gasteiger partial charge in [-0.2, -0.15) is 10.1 Å². The van der Waals surface area contributed by atoms with Crippen molar-refractivity contribution >= 4 is 11.8 Å². The molecule has 198 valence electrons. The zero-order valence-electron chi connectivity index (χ0n) is 22.7. The summed E-state index contributed by atoms with van der Waals surface area (Å²) in [5.74, 6) is 1.51. The lowest BCUT2D eigenvalue weighted by Crippen LogP contribution is -2.46. The Hall–Kier alpha value is -2.75. The van der Waals surface area contributed by atoms with Crippen LogP contribution in [0.15, 0.2) is 10.7 Å². The quantitative estimate of drug-likeness (QED) is 0.550. The number of hydrogen-bond donors (Lipinski definition) is 0. The van der Waals surface area contributed by atoms with Crippen LogP contribution >= 0.6 is 0 Å². The van der Waals surface area contributed by atoms with Gasteiger partial charge in [-0.05, 0) is 52.4 Å². The van der Waals surface area contributed by atoms with Crippen LogP contribution in [0.25, 0.3) is 0 Å². The third kappa shape index (κ3) is 5.48. The van der Waals surface area contributed by atoms with Gasteiger partial charge in [-0.3, -0.25) is 19.2 Å². The highest BCUT2D eigenvalue weighted by Gasteiger charge is 2.49. The van der Waals surface area contributed by atoms with Gasteiger partial charge in [0.15, 0.2) is 5.82 Å². The molecule has 2 aromatic rings. The molecule has 0 aromatic carbocycles. The molecule has 2 saturated heterocycles. The van der Waals surface area contributed by atoms with E-state index in [-0.39, 0.29) is 29.2 Å². The Bertz CT molecular complexity index is 1070. The summed E-state index contributed by atoms with van der Waals surface area (Å²) < 4.78 is 7.51. The summed E-state index contributed by atoms with van der Waals surface area (Å²) in [5.41, 5.74) is 2.08. The van der Waals surface area contributed by atoms with Crippen molar-refractivity contribution in [2.75, 3.05) is 32.7 Å². The highest BCUT2D eigenvalue weighted by Crippen LogP contribution is 2.48. The van der Waals surface area contributed by atoms with E-state index in [2.05, 4.69) is 27.1 Å². The van der Waals surface area contributed by atoms with E-state index in [1.165, 1.54) is 0 Å². The minimum absolute atomic E-state index is 0.0129. The molecule has 0 saturated carbocycles. The lowest BCUT2D eigenvalue weighted by molar-refractivity contribution is -0.136. The molecule has 4 rings (SSSR count). The van der Waals surface area contributed by atoms with E-state index in [1.54, 1.807) is 0 Å². The third-order valence-corrected chi connectivity index (χ3v) is 7.87. The fourth-order valence-electron chi connectivity index (χ4n) is 5.66. The average Bonchev–Trinajstić information content (AvgIpc) is 3.54. The maximum absolute atomic E-state index is 13.5. The Morgan fingerprint density at radius 3 is 2.50 bits per heavy atom. The van der Waals surface area contributed by atoms with Crippen molar-refractivity contribution in [3.63, 3.8) is 0 Å². The van der Waals surface area contributed by atoms with Crippen molar-refractivity contribution in [1.82, 2.24) is 34.6 Å². The number of hydrogen-bond acceptors (Lipinski definition) is 7. The topological polar surface area (TPSA) is 101 Å². The van der Waals surface area contributed by atoms with Gasteiger partial charge in [0, 0.05) is 56.9 Å². The van der Waals surface area contributed by atoms with Crippen LogP contribution < -0.4 is 0 Å². The second-order valence-corrected chi connectivity index (χ2v) is 10.8. The molecule has 0 bridgehead atoms. The number of aromatic nitrogens is 4. The maximum atomic E-state index is 13.5. The third-order valence-electron chi connectivity index (χ3n) is 7.87. The molecule has 2 aliphatic heterocycles. The highest BCUT2D eigenvalue weighted by atomic mass is 16.5. The summed E-state index contributed by atoms with van der Waals surface area (Å²) in [7, 11) is 0. The zero-order valence-corrected chi connectivity index (χ0v) is 22.7. The van der Waals surface area contributed by atoms with Crippen LogP contribution in [0.1, 0.15) is 76.0 Å². The van der Waals surface area contributed by atoms with Crippen LogP contribution in [-0.4, -0.2) is 79.2 Å². The summed E-state index contributed by atoms with van der Waals surface area (Å²) in [6.45, 7) is 16.4. The first kappa shape index (κ1) is 26.3.